The quantitative estimate of drug-likeness (QED) is 0.243. The Labute approximate surface area is 249 Å². The molecule has 4 aromatic rings. The van der Waals surface area contributed by atoms with Crippen molar-refractivity contribution in [3.63, 3.8) is 0 Å². The van der Waals surface area contributed by atoms with Crippen LogP contribution in [0.2, 0.25) is 0 Å². The van der Waals surface area contributed by atoms with E-state index in [4.69, 9.17) is 4.74 Å². The van der Waals surface area contributed by atoms with Crippen LogP contribution >= 0.6 is 0 Å². The maximum atomic E-state index is 13.8. The lowest BCUT2D eigenvalue weighted by Gasteiger charge is -2.24. The second-order valence-corrected chi connectivity index (χ2v) is 10.1. The van der Waals surface area contributed by atoms with Gasteiger partial charge in [-0.1, -0.05) is 78.9 Å². The molecule has 1 unspecified atom stereocenters. The Morgan fingerprint density at radius 3 is 2.12 bits per heavy atom. The number of amides is 4. The van der Waals surface area contributed by atoms with Crippen LogP contribution in [0.3, 0.4) is 0 Å². The molecule has 1 aliphatic rings. The van der Waals surface area contributed by atoms with E-state index >= 15 is 0 Å². The van der Waals surface area contributed by atoms with Gasteiger partial charge in [0, 0.05) is 35.9 Å². The molecule has 0 saturated carbocycles. The number of fused-ring (bicyclic) bond motifs is 2. The molecule has 0 aromatic heterocycles. The number of carbonyl (C=O) groups is 4. The van der Waals surface area contributed by atoms with Gasteiger partial charge in [-0.15, -0.1) is 0 Å². The number of para-hydroxylation sites is 1. The van der Waals surface area contributed by atoms with E-state index in [0.29, 0.717) is 23.5 Å². The minimum absolute atomic E-state index is 0.0668. The lowest BCUT2D eigenvalue weighted by atomic mass is 9.86. The summed E-state index contributed by atoms with van der Waals surface area (Å²) in [5.41, 5.74) is 4.96. The number of esters is 1. The number of nitrogens with one attached hydrogen (secondary N) is 3. The Balaban J connectivity index is 1.23. The van der Waals surface area contributed by atoms with Crippen molar-refractivity contribution in [2.24, 2.45) is 0 Å². The fraction of sp³-hybridized carbons (Fsp3) is 0.176. The van der Waals surface area contributed by atoms with Crippen LogP contribution in [0.25, 0.3) is 0 Å². The maximum absolute atomic E-state index is 13.8. The first kappa shape index (κ1) is 29.1. The highest BCUT2D eigenvalue weighted by Gasteiger charge is 2.34. The average Bonchev–Trinajstić information content (AvgIpc) is 3.13. The molecule has 1 atom stereocenters. The standard InChI is InChI=1S/C34H32N4O5/c1-43-32(40)19-29-26-11-5-6-13-28(26)33(41)38(30-14-8-7-12-27(29)30)22-31(39)35-20-24-15-17-25(18-16-24)37-34(42)36-21-23-9-3-2-4-10-23/h2-18,29H,19-22H2,1H3,(H,35,39)(H2,36,37,42). The Morgan fingerprint density at radius 1 is 0.744 bits per heavy atom. The molecule has 0 fully saturated rings. The first-order valence-electron chi connectivity index (χ1n) is 13.9. The third-order valence-electron chi connectivity index (χ3n) is 7.31. The highest BCUT2D eigenvalue weighted by Crippen LogP contribution is 2.40. The number of anilines is 2. The fourth-order valence-corrected chi connectivity index (χ4v) is 5.13. The zero-order chi connectivity index (χ0) is 30.2. The molecular formula is C34H32N4O5. The van der Waals surface area contributed by atoms with Gasteiger partial charge in [0.2, 0.25) is 5.91 Å². The molecule has 0 aliphatic carbocycles. The highest BCUT2D eigenvalue weighted by atomic mass is 16.5. The van der Waals surface area contributed by atoms with Crippen molar-refractivity contribution in [1.29, 1.82) is 0 Å². The molecule has 5 rings (SSSR count). The summed E-state index contributed by atoms with van der Waals surface area (Å²) in [6.45, 7) is 0.458. The topological polar surface area (TPSA) is 117 Å². The molecule has 0 bridgehead atoms. The van der Waals surface area contributed by atoms with E-state index in [2.05, 4.69) is 16.0 Å². The molecule has 43 heavy (non-hydrogen) atoms. The van der Waals surface area contributed by atoms with Crippen molar-refractivity contribution >= 4 is 35.2 Å². The predicted molar refractivity (Wildman–Crippen MR) is 164 cm³/mol. The van der Waals surface area contributed by atoms with E-state index in [-0.39, 0.29) is 43.3 Å². The van der Waals surface area contributed by atoms with E-state index in [1.165, 1.54) is 12.0 Å². The van der Waals surface area contributed by atoms with Gasteiger partial charge in [-0.05, 0) is 46.5 Å². The second kappa shape index (κ2) is 13.5. The number of benzene rings is 4. The van der Waals surface area contributed by atoms with Gasteiger partial charge in [-0.2, -0.15) is 0 Å². The van der Waals surface area contributed by atoms with Crippen LogP contribution in [0.1, 0.15) is 45.0 Å². The van der Waals surface area contributed by atoms with Crippen LogP contribution in [-0.2, 0) is 27.4 Å². The van der Waals surface area contributed by atoms with Gasteiger partial charge < -0.3 is 20.7 Å². The summed E-state index contributed by atoms with van der Waals surface area (Å²) < 4.78 is 4.94. The molecule has 3 N–H and O–H groups in total. The molecule has 4 aromatic carbocycles. The summed E-state index contributed by atoms with van der Waals surface area (Å²) in [5.74, 6) is -1.44. The average molecular weight is 577 g/mol. The highest BCUT2D eigenvalue weighted by molar-refractivity contribution is 6.11. The second-order valence-electron chi connectivity index (χ2n) is 10.1. The van der Waals surface area contributed by atoms with E-state index in [0.717, 1.165) is 22.3 Å². The van der Waals surface area contributed by atoms with Gasteiger partial charge in [0.15, 0.2) is 0 Å². The van der Waals surface area contributed by atoms with Gasteiger partial charge in [-0.3, -0.25) is 19.3 Å². The van der Waals surface area contributed by atoms with Crippen molar-refractivity contribution in [2.75, 3.05) is 23.9 Å². The van der Waals surface area contributed by atoms with E-state index in [9.17, 15) is 19.2 Å². The van der Waals surface area contributed by atoms with E-state index < -0.39 is 5.92 Å². The fourth-order valence-electron chi connectivity index (χ4n) is 5.13. The minimum Gasteiger partial charge on any atom is -0.469 e. The zero-order valence-corrected chi connectivity index (χ0v) is 23.7. The molecule has 4 amide bonds. The lowest BCUT2D eigenvalue weighted by molar-refractivity contribution is -0.140. The van der Waals surface area contributed by atoms with Crippen molar-refractivity contribution < 1.29 is 23.9 Å². The molecule has 218 valence electrons. The number of methoxy groups -OCH3 is 1. The first-order chi connectivity index (χ1) is 20.9. The first-order valence-corrected chi connectivity index (χ1v) is 13.9. The van der Waals surface area contributed by atoms with Crippen LogP contribution in [0, 0.1) is 0 Å². The molecule has 0 saturated heterocycles. The molecule has 1 aliphatic heterocycles. The monoisotopic (exact) mass is 576 g/mol. The Kier molecular flexibility index (Phi) is 9.11. The number of nitrogens with zero attached hydrogens (tertiary/aromatic N) is 1. The third kappa shape index (κ3) is 7.08. The van der Waals surface area contributed by atoms with E-state index in [1.54, 1.807) is 36.4 Å². The Bertz CT molecular complexity index is 1620. The Morgan fingerprint density at radius 2 is 1.37 bits per heavy atom. The van der Waals surface area contributed by atoms with Crippen LogP contribution in [0.4, 0.5) is 16.2 Å². The molecule has 9 nitrogen and oxygen atoms in total. The van der Waals surface area contributed by atoms with Crippen LogP contribution in [0.5, 0.6) is 0 Å². The number of hydrogen-bond donors (Lipinski definition) is 3. The van der Waals surface area contributed by atoms with Gasteiger partial charge in [-0.25, -0.2) is 4.79 Å². The molecule has 0 spiro atoms. The van der Waals surface area contributed by atoms with Crippen LogP contribution in [-0.4, -0.2) is 37.5 Å². The predicted octanol–water partition coefficient (Wildman–Crippen LogP) is 4.98. The maximum Gasteiger partial charge on any atom is 0.319 e. The van der Waals surface area contributed by atoms with Gasteiger partial charge in [0.25, 0.3) is 5.91 Å². The van der Waals surface area contributed by atoms with Gasteiger partial charge >= 0.3 is 12.0 Å². The summed E-state index contributed by atoms with van der Waals surface area (Å²) in [7, 11) is 1.34. The van der Waals surface area contributed by atoms with Crippen molar-refractivity contribution in [2.45, 2.75) is 25.4 Å². The number of hydrogen-bond acceptors (Lipinski definition) is 5. The third-order valence-corrected chi connectivity index (χ3v) is 7.31. The summed E-state index contributed by atoms with van der Waals surface area (Å²) in [6, 6.07) is 30.9. The number of rotatable bonds is 9. The number of urea groups is 1. The molecule has 9 heteroatoms. The van der Waals surface area contributed by atoms with Crippen LogP contribution < -0.4 is 20.9 Å². The van der Waals surface area contributed by atoms with Gasteiger partial charge in [0.05, 0.1) is 13.5 Å². The van der Waals surface area contributed by atoms with Crippen molar-refractivity contribution in [3.8, 4) is 0 Å². The van der Waals surface area contributed by atoms with E-state index in [1.807, 2.05) is 66.7 Å². The van der Waals surface area contributed by atoms with Crippen molar-refractivity contribution in [1.82, 2.24) is 10.6 Å². The summed E-state index contributed by atoms with van der Waals surface area (Å²) >= 11 is 0. The zero-order valence-electron chi connectivity index (χ0n) is 23.7. The molecule has 0 radical (unpaired) electrons. The summed E-state index contributed by atoms with van der Waals surface area (Å²) in [6.07, 6.45) is 0.0668. The number of ether oxygens (including phenoxy) is 1. The normalized spacial score (nSPS) is 13.7. The van der Waals surface area contributed by atoms with Crippen molar-refractivity contribution in [3.05, 3.63) is 131 Å². The minimum atomic E-state index is -0.399. The molecule has 1 heterocycles. The summed E-state index contributed by atoms with van der Waals surface area (Å²) in [5, 5.41) is 8.50. The largest absolute Gasteiger partial charge is 0.469 e. The number of carbonyl (C=O) groups excluding carboxylic acids is 4. The Hall–Kier alpha value is -5.44. The lowest BCUT2D eigenvalue weighted by Crippen LogP contribution is -2.40. The molecular weight excluding hydrogens is 544 g/mol. The smallest absolute Gasteiger partial charge is 0.319 e. The SMILES string of the molecule is COC(=O)CC1c2ccccc2C(=O)N(CC(=O)NCc2ccc(NC(=O)NCc3ccccc3)cc2)c2ccccc21. The summed E-state index contributed by atoms with van der Waals surface area (Å²) in [4.78, 5) is 52.9. The van der Waals surface area contributed by atoms with Crippen LogP contribution in [0.15, 0.2) is 103 Å². The van der Waals surface area contributed by atoms with Gasteiger partial charge in [0.1, 0.15) is 6.54 Å².